The average molecular weight is 195 g/mol. The number of hydrogen-bond donors (Lipinski definition) is 0. The van der Waals surface area contributed by atoms with E-state index in [9.17, 15) is 18.0 Å². The zero-order chi connectivity index (χ0) is 10.1. The van der Waals surface area contributed by atoms with Crippen LogP contribution in [-0.4, -0.2) is 31.0 Å². The van der Waals surface area contributed by atoms with Crippen molar-refractivity contribution in [1.82, 2.24) is 0 Å². The molecule has 0 fully saturated rings. The van der Waals surface area contributed by atoms with E-state index >= 15 is 0 Å². The van der Waals surface area contributed by atoms with Crippen molar-refractivity contribution in [3.63, 3.8) is 0 Å². The van der Waals surface area contributed by atoms with Gasteiger partial charge in [0.15, 0.2) is 0 Å². The summed E-state index contributed by atoms with van der Waals surface area (Å²) in [6.45, 7) is 0. The summed E-state index contributed by atoms with van der Waals surface area (Å²) in [4.78, 5) is 14.0. The van der Waals surface area contributed by atoms with Crippen molar-refractivity contribution in [2.45, 2.75) is 25.1 Å². The molecule has 0 radical (unpaired) electrons. The fourth-order valence-electron chi connectivity index (χ4n) is 1.11. The van der Waals surface area contributed by atoms with Gasteiger partial charge in [0.2, 0.25) is 0 Å². The maximum atomic E-state index is 12.0. The molecule has 0 saturated carbocycles. The predicted molar refractivity (Wildman–Crippen MR) is 38.5 cm³/mol. The average Bonchev–Trinajstić information content (AvgIpc) is 2.50. The molecule has 1 aliphatic heterocycles. The van der Waals surface area contributed by atoms with Gasteiger partial charge in [0.1, 0.15) is 11.8 Å². The third-order valence-electron chi connectivity index (χ3n) is 1.77. The van der Waals surface area contributed by atoms with Crippen LogP contribution in [0.5, 0.6) is 0 Å². The Hall–Kier alpha value is -1.07. The summed E-state index contributed by atoms with van der Waals surface area (Å²) in [5.41, 5.74) is -0.872. The lowest BCUT2D eigenvalue weighted by Crippen LogP contribution is -2.21. The molecule has 0 unspecified atom stereocenters. The van der Waals surface area contributed by atoms with E-state index < -0.39 is 23.9 Å². The van der Waals surface area contributed by atoms with Gasteiger partial charge in [-0.1, -0.05) is 0 Å². The molecule has 0 spiro atoms. The minimum atomic E-state index is -4.41. The highest BCUT2D eigenvalue weighted by Crippen LogP contribution is 2.27. The van der Waals surface area contributed by atoms with Gasteiger partial charge < -0.3 is 4.74 Å². The topological polar surface area (TPSA) is 38.7 Å². The Kier molecular flexibility index (Phi) is 2.58. The molecule has 1 atom stereocenters. The summed E-state index contributed by atoms with van der Waals surface area (Å²) < 4.78 is 40.3. The molecule has 13 heavy (non-hydrogen) atoms. The van der Waals surface area contributed by atoms with E-state index in [0.717, 1.165) is 7.11 Å². The molecule has 0 aromatic carbocycles. The standard InChI is InChI=1S/C7H8F3NO2/c1-13-6(12)4-2-3-5(11-4)7(8,9)10/h4H,2-3H2,1H3/t4-/m0/s1. The van der Waals surface area contributed by atoms with Crippen molar-refractivity contribution in [2.24, 2.45) is 4.99 Å². The highest BCUT2D eigenvalue weighted by atomic mass is 19.4. The minimum absolute atomic E-state index is 0.0848. The Morgan fingerprint density at radius 3 is 2.62 bits per heavy atom. The molecule has 0 saturated heterocycles. The third-order valence-corrected chi connectivity index (χ3v) is 1.77. The van der Waals surface area contributed by atoms with E-state index in [4.69, 9.17) is 0 Å². The van der Waals surface area contributed by atoms with Gasteiger partial charge >= 0.3 is 12.1 Å². The molecule has 1 rings (SSSR count). The second kappa shape index (κ2) is 3.35. The van der Waals surface area contributed by atoms with Gasteiger partial charge in [0, 0.05) is 0 Å². The molecule has 0 aromatic heterocycles. The van der Waals surface area contributed by atoms with Crippen LogP contribution in [0.15, 0.2) is 4.99 Å². The van der Waals surface area contributed by atoms with Crippen molar-refractivity contribution in [3.8, 4) is 0 Å². The lowest BCUT2D eigenvalue weighted by molar-refractivity contribution is -0.141. The van der Waals surface area contributed by atoms with Crippen LogP contribution < -0.4 is 0 Å². The quantitative estimate of drug-likeness (QED) is 0.592. The molecule has 0 aliphatic carbocycles. The van der Waals surface area contributed by atoms with Gasteiger partial charge in [-0.25, -0.2) is 4.79 Å². The number of halogens is 3. The summed E-state index contributed by atoms with van der Waals surface area (Å²) in [6.07, 6.45) is -4.53. The number of carbonyl (C=O) groups excluding carboxylic acids is 1. The highest BCUT2D eigenvalue weighted by molar-refractivity contribution is 5.94. The van der Waals surface area contributed by atoms with Crippen LogP contribution in [0.25, 0.3) is 0 Å². The molecule has 0 aromatic rings. The lowest BCUT2D eigenvalue weighted by Gasteiger charge is -2.03. The van der Waals surface area contributed by atoms with Crippen LogP contribution in [0.1, 0.15) is 12.8 Å². The number of esters is 1. The molecule has 0 bridgehead atoms. The molecule has 0 N–H and O–H groups in total. The van der Waals surface area contributed by atoms with Crippen molar-refractivity contribution in [1.29, 1.82) is 0 Å². The number of rotatable bonds is 1. The second-order valence-corrected chi connectivity index (χ2v) is 2.65. The normalized spacial score (nSPS) is 22.8. The van der Waals surface area contributed by atoms with E-state index in [1.807, 2.05) is 0 Å². The number of hydrogen-bond acceptors (Lipinski definition) is 3. The number of ether oxygens (including phenoxy) is 1. The van der Waals surface area contributed by atoms with E-state index in [1.54, 1.807) is 0 Å². The van der Waals surface area contributed by atoms with E-state index in [2.05, 4.69) is 9.73 Å². The van der Waals surface area contributed by atoms with Crippen LogP contribution in [-0.2, 0) is 9.53 Å². The van der Waals surface area contributed by atoms with Gasteiger partial charge in [0.05, 0.1) is 7.11 Å². The number of nitrogens with zero attached hydrogens (tertiary/aromatic N) is 1. The van der Waals surface area contributed by atoms with Crippen molar-refractivity contribution in [2.75, 3.05) is 7.11 Å². The lowest BCUT2D eigenvalue weighted by atomic mass is 10.2. The molecule has 6 heteroatoms. The fraction of sp³-hybridized carbons (Fsp3) is 0.714. The highest BCUT2D eigenvalue weighted by Gasteiger charge is 2.40. The van der Waals surface area contributed by atoms with Crippen molar-refractivity contribution >= 4 is 11.7 Å². The van der Waals surface area contributed by atoms with Crippen molar-refractivity contribution < 1.29 is 22.7 Å². The molecule has 0 amide bonds. The predicted octanol–water partition coefficient (Wildman–Crippen LogP) is 1.33. The Labute approximate surface area is 72.6 Å². The maximum Gasteiger partial charge on any atom is 0.429 e. The van der Waals surface area contributed by atoms with Gasteiger partial charge in [-0.3, -0.25) is 4.99 Å². The van der Waals surface area contributed by atoms with Crippen LogP contribution >= 0.6 is 0 Å². The number of methoxy groups -OCH3 is 1. The summed E-state index contributed by atoms with van der Waals surface area (Å²) in [5, 5.41) is 0. The van der Waals surface area contributed by atoms with Gasteiger partial charge in [-0.05, 0) is 12.8 Å². The largest absolute Gasteiger partial charge is 0.467 e. The van der Waals surface area contributed by atoms with Crippen LogP contribution in [0.3, 0.4) is 0 Å². The Balaban J connectivity index is 2.69. The van der Waals surface area contributed by atoms with Gasteiger partial charge in [-0.15, -0.1) is 0 Å². The van der Waals surface area contributed by atoms with Crippen molar-refractivity contribution in [3.05, 3.63) is 0 Å². The number of alkyl halides is 3. The number of aliphatic imine (C=N–C) groups is 1. The molecular weight excluding hydrogens is 187 g/mol. The third kappa shape index (κ3) is 2.19. The molecular formula is C7H8F3NO2. The second-order valence-electron chi connectivity index (χ2n) is 2.65. The molecule has 3 nitrogen and oxygen atoms in total. The van der Waals surface area contributed by atoms with E-state index in [0.29, 0.717) is 0 Å². The first-order valence-electron chi connectivity index (χ1n) is 3.67. The SMILES string of the molecule is COC(=O)[C@@H]1CCC(C(F)(F)F)=N1. The monoisotopic (exact) mass is 195 g/mol. The Morgan fingerprint density at radius 2 is 2.23 bits per heavy atom. The summed E-state index contributed by atoms with van der Waals surface area (Å²) in [7, 11) is 1.13. The molecule has 1 heterocycles. The maximum absolute atomic E-state index is 12.0. The summed E-state index contributed by atoms with van der Waals surface area (Å²) >= 11 is 0. The zero-order valence-electron chi connectivity index (χ0n) is 6.89. The smallest absolute Gasteiger partial charge is 0.429 e. The Bertz CT molecular complexity index is 247. The van der Waals surface area contributed by atoms with E-state index in [1.165, 1.54) is 0 Å². The van der Waals surface area contributed by atoms with Crippen LogP contribution in [0, 0.1) is 0 Å². The zero-order valence-corrected chi connectivity index (χ0v) is 6.89. The molecule has 74 valence electrons. The van der Waals surface area contributed by atoms with Gasteiger partial charge in [0.25, 0.3) is 0 Å². The van der Waals surface area contributed by atoms with Crippen LogP contribution in [0.2, 0.25) is 0 Å². The van der Waals surface area contributed by atoms with Crippen LogP contribution in [0.4, 0.5) is 13.2 Å². The first kappa shape index (κ1) is 10.0. The minimum Gasteiger partial charge on any atom is -0.467 e. The first-order chi connectivity index (χ1) is 5.95. The fourth-order valence-corrected chi connectivity index (χ4v) is 1.11. The molecule has 1 aliphatic rings. The first-order valence-corrected chi connectivity index (χ1v) is 3.67. The van der Waals surface area contributed by atoms with Gasteiger partial charge in [-0.2, -0.15) is 13.2 Å². The summed E-state index contributed by atoms with van der Waals surface area (Å²) in [5.74, 6) is -0.709. The summed E-state index contributed by atoms with van der Waals surface area (Å²) in [6, 6.07) is -0.971. The number of carbonyl (C=O) groups is 1. The van der Waals surface area contributed by atoms with E-state index in [-0.39, 0.29) is 12.8 Å². The Morgan fingerprint density at radius 1 is 1.62 bits per heavy atom.